The van der Waals surface area contributed by atoms with Crippen molar-refractivity contribution in [2.24, 2.45) is 5.41 Å². The fourth-order valence-corrected chi connectivity index (χ4v) is 3.28. The van der Waals surface area contributed by atoms with Crippen molar-refractivity contribution in [2.45, 2.75) is 59.9 Å². The monoisotopic (exact) mass is 325 g/mol. The summed E-state index contributed by atoms with van der Waals surface area (Å²) in [4.78, 5) is 2.43. The van der Waals surface area contributed by atoms with Gasteiger partial charge in [-0.1, -0.05) is 69.9 Å². The van der Waals surface area contributed by atoms with Crippen LogP contribution in [0.4, 0.5) is 5.69 Å². The Hall–Kier alpha value is -1.80. The third-order valence-corrected chi connectivity index (χ3v) is 4.52. The van der Waals surface area contributed by atoms with Crippen LogP contribution < -0.4 is 4.90 Å². The number of hydrogen-bond acceptors (Lipinski definition) is 2. The van der Waals surface area contributed by atoms with Crippen molar-refractivity contribution in [3.05, 3.63) is 66.3 Å². The molecular weight excluding hydrogens is 294 g/mol. The number of hydrogen-bond donors (Lipinski definition) is 0. The van der Waals surface area contributed by atoms with E-state index in [1.807, 2.05) is 25.2 Å². The van der Waals surface area contributed by atoms with E-state index < -0.39 is 0 Å². The third-order valence-electron chi connectivity index (χ3n) is 4.52. The minimum Gasteiger partial charge on any atom is -0.348 e. The summed E-state index contributed by atoms with van der Waals surface area (Å²) < 4.78 is 6.50. The quantitative estimate of drug-likeness (QED) is 0.663. The number of anilines is 1. The molecule has 1 aromatic carbocycles. The van der Waals surface area contributed by atoms with Gasteiger partial charge in [-0.15, -0.1) is 0 Å². The van der Waals surface area contributed by atoms with Crippen LogP contribution in [-0.4, -0.2) is 18.4 Å². The van der Waals surface area contributed by atoms with Crippen LogP contribution in [0.3, 0.4) is 0 Å². The maximum absolute atomic E-state index is 6.50. The van der Waals surface area contributed by atoms with E-state index in [9.17, 15) is 0 Å². The Bertz CT molecular complexity index is 636. The zero-order valence-electron chi connectivity index (χ0n) is 15.9. The van der Waals surface area contributed by atoms with Crippen molar-refractivity contribution in [2.75, 3.05) is 4.90 Å². The number of para-hydroxylation sites is 1. The van der Waals surface area contributed by atoms with Gasteiger partial charge in [0.15, 0.2) is 0 Å². The van der Waals surface area contributed by atoms with Crippen molar-refractivity contribution < 1.29 is 4.74 Å². The first-order valence-corrected chi connectivity index (χ1v) is 8.75. The summed E-state index contributed by atoms with van der Waals surface area (Å²) in [7, 11) is 0. The van der Waals surface area contributed by atoms with E-state index in [1.54, 1.807) is 0 Å². The molecule has 0 bridgehead atoms. The van der Waals surface area contributed by atoms with E-state index in [0.717, 1.165) is 5.57 Å². The van der Waals surface area contributed by atoms with E-state index in [0.29, 0.717) is 0 Å². The number of aryl methyl sites for hydroxylation is 1. The van der Waals surface area contributed by atoms with Crippen molar-refractivity contribution in [3.63, 3.8) is 0 Å². The molecule has 3 atom stereocenters. The number of rotatable bonds is 4. The Labute approximate surface area is 147 Å². The number of benzene rings is 1. The minimum atomic E-state index is -0.00432. The normalized spacial score (nSPS) is 25.1. The van der Waals surface area contributed by atoms with Crippen LogP contribution in [0.2, 0.25) is 0 Å². The topological polar surface area (TPSA) is 12.5 Å². The first-order valence-electron chi connectivity index (χ1n) is 8.75. The number of allylic oxidation sites excluding steroid dienone is 3. The molecule has 1 aliphatic heterocycles. The third kappa shape index (κ3) is 3.81. The van der Waals surface area contributed by atoms with Crippen LogP contribution in [-0.2, 0) is 4.74 Å². The average molecular weight is 325 g/mol. The molecule has 2 unspecified atom stereocenters. The molecule has 1 aromatic rings. The Balaban J connectivity index is 2.37. The molecule has 2 nitrogen and oxygen atoms in total. The maximum Gasteiger partial charge on any atom is 0.136 e. The molecule has 0 N–H and O–H groups in total. The summed E-state index contributed by atoms with van der Waals surface area (Å²) >= 11 is 0. The van der Waals surface area contributed by atoms with E-state index in [1.165, 1.54) is 11.3 Å². The molecule has 2 rings (SSSR count). The summed E-state index contributed by atoms with van der Waals surface area (Å²) in [5, 5.41) is 0. The van der Waals surface area contributed by atoms with Crippen molar-refractivity contribution in [3.8, 4) is 0 Å². The molecule has 1 aliphatic rings. The van der Waals surface area contributed by atoms with Gasteiger partial charge >= 0.3 is 0 Å². The second kappa shape index (κ2) is 7.40. The molecule has 1 saturated heterocycles. The van der Waals surface area contributed by atoms with Crippen molar-refractivity contribution in [1.29, 1.82) is 0 Å². The fraction of sp³-hybridized carbons (Fsp3) is 0.455. The Kier molecular flexibility index (Phi) is 5.71. The van der Waals surface area contributed by atoms with Gasteiger partial charge in [-0.2, -0.15) is 0 Å². The molecule has 0 aromatic heterocycles. The number of nitrogens with zero attached hydrogens (tertiary/aromatic N) is 1. The van der Waals surface area contributed by atoms with Crippen molar-refractivity contribution in [1.82, 2.24) is 0 Å². The highest BCUT2D eigenvalue weighted by atomic mass is 16.5. The van der Waals surface area contributed by atoms with Crippen LogP contribution in [0.1, 0.15) is 40.2 Å². The standard InChI is InChI=1S/C22H31NO/c1-8-9-10-14-17(3)20-18(4)23(21(24-20)22(5,6)7)19-15-12-11-13-16(19)2/h8-15,18,20-21H,3H2,1-2,4-7H3/b9-8-,14-10-/t18-,20?,21?/m0/s1. The summed E-state index contributed by atoms with van der Waals surface area (Å²) in [6.45, 7) is 17.4. The zero-order chi connectivity index (χ0) is 17.9. The van der Waals surface area contributed by atoms with Crippen LogP contribution in [0.15, 0.2) is 60.7 Å². The lowest BCUT2D eigenvalue weighted by Gasteiger charge is -2.37. The molecule has 2 heteroatoms. The lowest BCUT2D eigenvalue weighted by Crippen LogP contribution is -2.44. The highest BCUT2D eigenvalue weighted by Crippen LogP contribution is 2.41. The van der Waals surface area contributed by atoms with Gasteiger partial charge in [-0.05, 0) is 38.0 Å². The summed E-state index contributed by atoms with van der Waals surface area (Å²) in [6.07, 6.45) is 8.13. The molecule has 0 spiro atoms. The molecule has 1 fully saturated rings. The summed E-state index contributed by atoms with van der Waals surface area (Å²) in [5.41, 5.74) is 3.56. The Morgan fingerprint density at radius 3 is 2.46 bits per heavy atom. The first-order chi connectivity index (χ1) is 11.3. The number of ether oxygens (including phenoxy) is 1. The van der Waals surface area contributed by atoms with Gasteiger partial charge in [0, 0.05) is 11.1 Å². The van der Waals surface area contributed by atoms with Gasteiger partial charge in [-0.3, -0.25) is 0 Å². The van der Waals surface area contributed by atoms with E-state index >= 15 is 0 Å². The highest BCUT2D eigenvalue weighted by Gasteiger charge is 2.45. The largest absolute Gasteiger partial charge is 0.348 e. The van der Waals surface area contributed by atoms with Gasteiger partial charge in [-0.25, -0.2) is 0 Å². The Morgan fingerprint density at radius 2 is 1.88 bits per heavy atom. The summed E-state index contributed by atoms with van der Waals surface area (Å²) in [6, 6.07) is 8.77. The van der Waals surface area contributed by atoms with Gasteiger partial charge in [0.05, 0.1) is 6.04 Å². The second-order valence-electron chi connectivity index (χ2n) is 7.67. The van der Waals surface area contributed by atoms with E-state index in [4.69, 9.17) is 4.74 Å². The van der Waals surface area contributed by atoms with Gasteiger partial charge in [0.25, 0.3) is 0 Å². The van der Waals surface area contributed by atoms with E-state index in [-0.39, 0.29) is 23.8 Å². The molecule has 24 heavy (non-hydrogen) atoms. The van der Waals surface area contributed by atoms with Crippen LogP contribution in [0.25, 0.3) is 0 Å². The van der Waals surface area contributed by atoms with Crippen LogP contribution in [0, 0.1) is 12.3 Å². The molecular formula is C22H31NO. The van der Waals surface area contributed by atoms with E-state index in [2.05, 4.69) is 76.4 Å². The molecule has 1 heterocycles. The van der Waals surface area contributed by atoms with Crippen LogP contribution >= 0.6 is 0 Å². The lowest BCUT2D eigenvalue weighted by molar-refractivity contribution is -0.000507. The zero-order valence-corrected chi connectivity index (χ0v) is 15.9. The molecule has 130 valence electrons. The predicted molar refractivity (Wildman–Crippen MR) is 104 cm³/mol. The van der Waals surface area contributed by atoms with Gasteiger partial charge in [0.1, 0.15) is 12.3 Å². The Morgan fingerprint density at radius 1 is 1.21 bits per heavy atom. The maximum atomic E-state index is 6.50. The fourth-order valence-electron chi connectivity index (χ4n) is 3.28. The van der Waals surface area contributed by atoms with Crippen molar-refractivity contribution >= 4 is 5.69 Å². The SMILES string of the molecule is C=C(/C=C\C=C/C)C1OC(C(C)(C)C)N(c2ccccc2C)[C@H]1C. The molecule has 0 saturated carbocycles. The highest BCUT2D eigenvalue weighted by molar-refractivity contribution is 5.56. The smallest absolute Gasteiger partial charge is 0.136 e. The lowest BCUT2D eigenvalue weighted by atomic mass is 9.92. The molecule has 0 amide bonds. The molecule has 0 radical (unpaired) electrons. The van der Waals surface area contributed by atoms with Crippen LogP contribution in [0.5, 0.6) is 0 Å². The average Bonchev–Trinajstić information content (AvgIpc) is 2.85. The second-order valence-corrected chi connectivity index (χ2v) is 7.67. The predicted octanol–water partition coefficient (Wildman–Crippen LogP) is 5.65. The minimum absolute atomic E-state index is 0.00432. The first kappa shape index (κ1) is 18.5. The summed E-state index contributed by atoms with van der Waals surface area (Å²) in [5.74, 6) is 0. The van der Waals surface area contributed by atoms with Gasteiger partial charge < -0.3 is 9.64 Å². The van der Waals surface area contributed by atoms with Gasteiger partial charge in [0.2, 0.25) is 0 Å². The molecule has 0 aliphatic carbocycles.